The Morgan fingerprint density at radius 2 is 2.06 bits per heavy atom. The highest BCUT2D eigenvalue weighted by Gasteiger charge is 2.19. The van der Waals surface area contributed by atoms with Crippen molar-refractivity contribution in [1.29, 1.82) is 0 Å². The van der Waals surface area contributed by atoms with Crippen molar-refractivity contribution in [1.82, 2.24) is 4.90 Å². The van der Waals surface area contributed by atoms with Crippen molar-refractivity contribution in [2.75, 3.05) is 20.1 Å². The fraction of sp³-hybridized carbons (Fsp3) is 0.500. The van der Waals surface area contributed by atoms with Gasteiger partial charge in [-0.1, -0.05) is 38.1 Å². The molecule has 0 aliphatic carbocycles. The van der Waals surface area contributed by atoms with Crippen molar-refractivity contribution >= 4 is 6.34 Å². The number of benzene rings is 1. The molecule has 0 radical (unpaired) electrons. The molecule has 2 heteroatoms. The van der Waals surface area contributed by atoms with Gasteiger partial charge in [-0.05, 0) is 17.0 Å². The Morgan fingerprint density at radius 3 is 2.75 bits per heavy atom. The van der Waals surface area contributed by atoms with Crippen LogP contribution in [0.25, 0.3) is 0 Å². The third kappa shape index (κ3) is 2.26. The molecule has 1 atom stereocenters. The molecular weight excluding hydrogens is 196 g/mol. The normalized spacial score (nSPS) is 20.5. The minimum Gasteiger partial charge on any atom is -0.365 e. The van der Waals surface area contributed by atoms with E-state index < -0.39 is 0 Å². The van der Waals surface area contributed by atoms with E-state index in [2.05, 4.69) is 55.1 Å². The molecule has 16 heavy (non-hydrogen) atoms. The molecule has 1 aromatic carbocycles. The van der Waals surface area contributed by atoms with Crippen LogP contribution in [0.1, 0.15) is 36.8 Å². The van der Waals surface area contributed by atoms with E-state index in [1.165, 1.54) is 11.1 Å². The van der Waals surface area contributed by atoms with Crippen LogP contribution in [0.15, 0.2) is 29.3 Å². The van der Waals surface area contributed by atoms with Crippen LogP contribution < -0.4 is 0 Å². The number of nitrogens with zero attached hydrogens (tertiary/aromatic N) is 2. The van der Waals surface area contributed by atoms with Gasteiger partial charge in [0.25, 0.3) is 0 Å². The molecule has 0 bridgehead atoms. The summed E-state index contributed by atoms with van der Waals surface area (Å²) in [5.41, 5.74) is 2.94. The van der Waals surface area contributed by atoms with Crippen molar-refractivity contribution < 1.29 is 0 Å². The molecule has 0 saturated heterocycles. The van der Waals surface area contributed by atoms with Crippen molar-refractivity contribution in [2.45, 2.75) is 25.7 Å². The second-order valence-corrected chi connectivity index (χ2v) is 4.90. The van der Waals surface area contributed by atoms with Gasteiger partial charge in [0.2, 0.25) is 0 Å². The molecule has 0 spiro atoms. The third-order valence-electron chi connectivity index (χ3n) is 3.17. The molecule has 0 saturated carbocycles. The molecule has 2 nitrogen and oxygen atoms in total. The first kappa shape index (κ1) is 11.2. The summed E-state index contributed by atoms with van der Waals surface area (Å²) in [5, 5.41) is 0. The summed E-state index contributed by atoms with van der Waals surface area (Å²) < 4.78 is 0. The van der Waals surface area contributed by atoms with Gasteiger partial charge in [0.1, 0.15) is 0 Å². The smallest absolute Gasteiger partial charge is 0.0847 e. The van der Waals surface area contributed by atoms with Gasteiger partial charge in [0.05, 0.1) is 6.34 Å². The van der Waals surface area contributed by atoms with E-state index >= 15 is 0 Å². The Hall–Kier alpha value is -1.31. The Bertz CT molecular complexity index is 382. The SMILES string of the molecule is CC(C)c1ccccc1C1CN=CN(C)C1. The van der Waals surface area contributed by atoms with Gasteiger partial charge < -0.3 is 4.90 Å². The minimum absolute atomic E-state index is 0.550. The maximum Gasteiger partial charge on any atom is 0.0847 e. The van der Waals surface area contributed by atoms with Gasteiger partial charge in [0.15, 0.2) is 0 Å². The van der Waals surface area contributed by atoms with E-state index in [1.54, 1.807) is 0 Å². The molecule has 2 rings (SSSR count). The lowest BCUT2D eigenvalue weighted by molar-refractivity contribution is 0.437. The number of hydrogen-bond acceptors (Lipinski definition) is 2. The largest absolute Gasteiger partial charge is 0.365 e. The van der Waals surface area contributed by atoms with Gasteiger partial charge in [0, 0.05) is 26.1 Å². The van der Waals surface area contributed by atoms with Gasteiger partial charge in [-0.25, -0.2) is 0 Å². The van der Waals surface area contributed by atoms with Crippen LogP contribution in [-0.2, 0) is 0 Å². The molecular formula is C14H20N2. The lowest BCUT2D eigenvalue weighted by Crippen LogP contribution is -2.29. The number of aliphatic imine (C=N–C) groups is 1. The van der Waals surface area contributed by atoms with Crippen LogP contribution in [0, 0.1) is 0 Å². The average molecular weight is 216 g/mol. The third-order valence-corrected chi connectivity index (χ3v) is 3.17. The number of hydrogen-bond donors (Lipinski definition) is 0. The van der Waals surface area contributed by atoms with Gasteiger partial charge in [-0.15, -0.1) is 0 Å². The summed E-state index contributed by atoms with van der Waals surface area (Å²) in [7, 11) is 2.09. The minimum atomic E-state index is 0.550. The highest BCUT2D eigenvalue weighted by Crippen LogP contribution is 2.27. The van der Waals surface area contributed by atoms with E-state index in [0.29, 0.717) is 11.8 Å². The Balaban J connectivity index is 2.29. The van der Waals surface area contributed by atoms with E-state index in [0.717, 1.165) is 13.1 Å². The quantitative estimate of drug-likeness (QED) is 0.742. The Morgan fingerprint density at radius 1 is 1.31 bits per heavy atom. The molecule has 1 unspecified atom stereocenters. The number of likely N-dealkylation sites (N-methyl/N-ethyl adjacent to an activating group) is 1. The van der Waals surface area contributed by atoms with Crippen LogP contribution in [0.2, 0.25) is 0 Å². The van der Waals surface area contributed by atoms with Crippen LogP contribution in [-0.4, -0.2) is 31.4 Å². The fourth-order valence-corrected chi connectivity index (χ4v) is 2.37. The summed E-state index contributed by atoms with van der Waals surface area (Å²) >= 11 is 0. The summed E-state index contributed by atoms with van der Waals surface area (Å²) in [6.45, 7) is 6.52. The monoisotopic (exact) mass is 216 g/mol. The van der Waals surface area contributed by atoms with E-state index in [-0.39, 0.29) is 0 Å². The zero-order chi connectivity index (χ0) is 11.5. The topological polar surface area (TPSA) is 15.6 Å². The Labute approximate surface area is 98.0 Å². The van der Waals surface area contributed by atoms with E-state index in [4.69, 9.17) is 0 Å². The first-order valence-electron chi connectivity index (χ1n) is 5.97. The predicted molar refractivity (Wildman–Crippen MR) is 69.3 cm³/mol. The second kappa shape index (κ2) is 4.69. The summed E-state index contributed by atoms with van der Waals surface area (Å²) in [5.74, 6) is 1.14. The molecule has 86 valence electrons. The summed E-state index contributed by atoms with van der Waals surface area (Å²) in [4.78, 5) is 6.59. The van der Waals surface area contributed by atoms with Crippen LogP contribution in [0.5, 0.6) is 0 Å². The molecule has 1 heterocycles. The van der Waals surface area contributed by atoms with Gasteiger partial charge in [-0.2, -0.15) is 0 Å². The molecule has 0 N–H and O–H groups in total. The molecule has 1 aliphatic rings. The molecule has 1 aromatic rings. The summed E-state index contributed by atoms with van der Waals surface area (Å²) in [6, 6.07) is 8.78. The first-order chi connectivity index (χ1) is 7.68. The van der Waals surface area contributed by atoms with Gasteiger partial charge >= 0.3 is 0 Å². The fourth-order valence-electron chi connectivity index (χ4n) is 2.37. The molecule has 0 amide bonds. The van der Waals surface area contributed by atoms with E-state index in [9.17, 15) is 0 Å². The van der Waals surface area contributed by atoms with Crippen molar-refractivity contribution in [2.24, 2.45) is 4.99 Å². The van der Waals surface area contributed by atoms with Crippen LogP contribution in [0.3, 0.4) is 0 Å². The van der Waals surface area contributed by atoms with Crippen LogP contribution in [0.4, 0.5) is 0 Å². The van der Waals surface area contributed by atoms with Crippen molar-refractivity contribution in [3.63, 3.8) is 0 Å². The van der Waals surface area contributed by atoms with Crippen molar-refractivity contribution in [3.05, 3.63) is 35.4 Å². The summed E-state index contributed by atoms with van der Waals surface area (Å²) in [6.07, 6.45) is 1.94. The zero-order valence-electron chi connectivity index (χ0n) is 10.4. The van der Waals surface area contributed by atoms with E-state index in [1.807, 2.05) is 6.34 Å². The molecule has 0 aromatic heterocycles. The van der Waals surface area contributed by atoms with Gasteiger partial charge in [-0.3, -0.25) is 4.99 Å². The number of rotatable bonds is 2. The molecule has 1 aliphatic heterocycles. The lowest BCUT2D eigenvalue weighted by atomic mass is 9.88. The van der Waals surface area contributed by atoms with Crippen molar-refractivity contribution in [3.8, 4) is 0 Å². The molecule has 0 fully saturated rings. The van der Waals surface area contributed by atoms with Crippen LogP contribution >= 0.6 is 0 Å². The maximum atomic E-state index is 4.42. The lowest BCUT2D eigenvalue weighted by Gasteiger charge is -2.28. The standard InChI is InChI=1S/C14H20N2/c1-11(2)13-6-4-5-7-14(13)12-8-15-10-16(3)9-12/h4-7,10-12H,8-9H2,1-3H3. The first-order valence-corrected chi connectivity index (χ1v) is 5.97. The zero-order valence-corrected chi connectivity index (χ0v) is 10.4. The predicted octanol–water partition coefficient (Wildman–Crippen LogP) is 2.87. The second-order valence-electron chi connectivity index (χ2n) is 4.90. The average Bonchev–Trinajstić information content (AvgIpc) is 2.29. The highest BCUT2D eigenvalue weighted by atomic mass is 15.1. The maximum absolute atomic E-state index is 4.42. The highest BCUT2D eigenvalue weighted by molar-refractivity contribution is 5.56. The Kier molecular flexibility index (Phi) is 3.28.